The van der Waals surface area contributed by atoms with Crippen LogP contribution in [-0.2, 0) is 26.3 Å². The van der Waals surface area contributed by atoms with Crippen molar-refractivity contribution in [1.82, 2.24) is 4.90 Å². The lowest BCUT2D eigenvalue weighted by Gasteiger charge is -2.24. The fourth-order valence-electron chi connectivity index (χ4n) is 3.90. The molecule has 0 saturated heterocycles. The van der Waals surface area contributed by atoms with Crippen LogP contribution in [0.25, 0.3) is 0 Å². The summed E-state index contributed by atoms with van der Waals surface area (Å²) in [5, 5.41) is 8.57. The van der Waals surface area contributed by atoms with Gasteiger partial charge in [-0.25, -0.2) is 9.59 Å². The number of carbonyl (C=O) groups is 3. The highest BCUT2D eigenvalue weighted by Gasteiger charge is 2.42. The maximum atomic E-state index is 13.2. The third-order valence-corrected chi connectivity index (χ3v) is 5.75. The van der Waals surface area contributed by atoms with Gasteiger partial charge in [0, 0.05) is 23.7 Å². The molecular formula is C26H27F3N2O7. The molecule has 0 fully saturated rings. The number of hydrogen-bond acceptors (Lipinski definition) is 8. The molecule has 12 heteroatoms. The van der Waals surface area contributed by atoms with Gasteiger partial charge in [0.25, 0.3) is 0 Å². The molecule has 1 heterocycles. The average Bonchev–Trinajstić information content (AvgIpc) is 3.15. The molecule has 0 saturated carbocycles. The van der Waals surface area contributed by atoms with E-state index in [2.05, 4.69) is 4.74 Å². The molecule has 2 aromatic rings. The molecule has 38 heavy (non-hydrogen) atoms. The number of ether oxygens (including phenoxy) is 4. The third-order valence-electron chi connectivity index (χ3n) is 5.75. The first kappa shape index (κ1) is 28.5. The van der Waals surface area contributed by atoms with Gasteiger partial charge in [-0.15, -0.1) is 0 Å². The zero-order valence-corrected chi connectivity index (χ0v) is 21.4. The Morgan fingerprint density at radius 2 is 1.68 bits per heavy atom. The molecule has 3 rings (SSSR count). The molecule has 0 aliphatic carbocycles. The summed E-state index contributed by atoms with van der Waals surface area (Å²) in [6.45, 7) is 4.73. The van der Waals surface area contributed by atoms with E-state index in [4.69, 9.17) is 19.6 Å². The number of Topliss-reactive ketones (excluding diaryl/α,β-unsaturated/α-hetero) is 1. The number of nitrogens with one attached hydrogen (secondary N) is 1. The highest BCUT2D eigenvalue weighted by atomic mass is 19.4. The lowest BCUT2D eigenvalue weighted by Crippen LogP contribution is -2.31. The minimum atomic E-state index is -5.31. The maximum Gasteiger partial charge on any atom is 0.491 e. The van der Waals surface area contributed by atoms with Crippen LogP contribution in [0.1, 0.15) is 47.8 Å². The smallest absolute Gasteiger partial charge is 0.491 e. The number of halogens is 3. The topological polar surface area (TPSA) is 115 Å². The summed E-state index contributed by atoms with van der Waals surface area (Å²) < 4.78 is 56.7. The normalized spacial score (nSPS) is 13.2. The Labute approximate surface area is 216 Å². The number of esters is 2. The summed E-state index contributed by atoms with van der Waals surface area (Å²) in [5.74, 6) is -3.12. The highest BCUT2D eigenvalue weighted by molar-refractivity contribution is 6.07. The van der Waals surface area contributed by atoms with E-state index in [9.17, 15) is 27.6 Å². The van der Waals surface area contributed by atoms with Gasteiger partial charge >= 0.3 is 18.1 Å². The van der Waals surface area contributed by atoms with Crippen molar-refractivity contribution in [1.29, 1.82) is 5.41 Å². The first-order chi connectivity index (χ1) is 17.6. The highest BCUT2D eigenvalue weighted by Crippen LogP contribution is 2.36. The van der Waals surface area contributed by atoms with Gasteiger partial charge in [0.15, 0.2) is 12.4 Å². The van der Waals surface area contributed by atoms with Crippen molar-refractivity contribution < 1.29 is 46.5 Å². The van der Waals surface area contributed by atoms with Gasteiger partial charge in [-0.05, 0) is 35.2 Å². The number of rotatable bonds is 8. The average molecular weight is 537 g/mol. The Hall–Kier alpha value is -4.09. The molecule has 1 N–H and O–H groups in total. The van der Waals surface area contributed by atoms with Gasteiger partial charge in [-0.1, -0.05) is 20.8 Å². The molecule has 0 spiro atoms. The van der Waals surface area contributed by atoms with Gasteiger partial charge in [0.1, 0.15) is 23.1 Å². The number of methoxy groups -OCH3 is 2. The van der Waals surface area contributed by atoms with E-state index in [-0.39, 0.29) is 23.9 Å². The molecule has 0 amide bonds. The molecular weight excluding hydrogens is 509 g/mol. The number of hydrogen-bond donors (Lipinski definition) is 1. The van der Waals surface area contributed by atoms with Crippen molar-refractivity contribution >= 4 is 23.6 Å². The summed E-state index contributed by atoms with van der Waals surface area (Å²) in [5.41, 5.74) is 1.60. The minimum absolute atomic E-state index is 0.103. The number of benzene rings is 2. The number of nitrogens with zero attached hydrogens (tertiary/aromatic N) is 1. The monoisotopic (exact) mass is 536 g/mol. The quantitative estimate of drug-likeness (QED) is 0.306. The predicted molar refractivity (Wildman–Crippen MR) is 129 cm³/mol. The molecule has 9 nitrogen and oxygen atoms in total. The predicted octanol–water partition coefficient (Wildman–Crippen LogP) is 4.04. The number of amidine groups is 1. The van der Waals surface area contributed by atoms with Crippen molar-refractivity contribution in [2.24, 2.45) is 0 Å². The van der Waals surface area contributed by atoms with Gasteiger partial charge in [0.2, 0.25) is 0 Å². The lowest BCUT2D eigenvalue weighted by molar-refractivity contribution is -0.202. The summed E-state index contributed by atoms with van der Waals surface area (Å²) >= 11 is 0. The molecule has 204 valence electrons. The second kappa shape index (κ2) is 10.7. The third kappa shape index (κ3) is 6.24. The Balaban J connectivity index is 1.76. The largest absolute Gasteiger partial charge is 0.497 e. The van der Waals surface area contributed by atoms with Crippen LogP contribution >= 0.6 is 0 Å². The van der Waals surface area contributed by atoms with Crippen LogP contribution in [0.15, 0.2) is 30.3 Å². The first-order valence-electron chi connectivity index (χ1n) is 11.4. The van der Waals surface area contributed by atoms with E-state index in [0.29, 0.717) is 34.7 Å². The SMILES string of the molecule is COc1cc2c(c(OC)c1)C(=N)N(CC(=O)c1ccc(OCC(=O)OC(=O)C(F)(F)F)c(C(C)(C)C)c1)C2. The number of ketones is 1. The van der Waals surface area contributed by atoms with Crippen molar-refractivity contribution in [3.8, 4) is 17.2 Å². The number of fused-ring (bicyclic) bond motifs is 1. The van der Waals surface area contributed by atoms with Gasteiger partial charge in [0.05, 0.1) is 26.3 Å². The second-order valence-corrected chi connectivity index (χ2v) is 9.50. The van der Waals surface area contributed by atoms with Crippen LogP contribution in [0.2, 0.25) is 0 Å². The summed E-state index contributed by atoms with van der Waals surface area (Å²) in [6.07, 6.45) is -5.31. The van der Waals surface area contributed by atoms with Crippen molar-refractivity contribution in [3.63, 3.8) is 0 Å². The van der Waals surface area contributed by atoms with Crippen molar-refractivity contribution in [3.05, 3.63) is 52.6 Å². The standard InChI is InChI=1S/C26H27F3N2O7/c1-25(2,3)17-9-14(6-7-19(17)37-13-21(33)38-24(34)26(27,28)29)18(32)12-31-11-15-8-16(35-4)10-20(36-5)22(15)23(31)30/h6-10,30H,11-13H2,1-5H3. The zero-order chi connectivity index (χ0) is 28.4. The molecule has 2 aromatic carbocycles. The molecule has 0 aromatic heterocycles. The maximum absolute atomic E-state index is 13.2. The lowest BCUT2D eigenvalue weighted by atomic mass is 9.85. The fraction of sp³-hybridized carbons (Fsp3) is 0.385. The fourth-order valence-corrected chi connectivity index (χ4v) is 3.90. The van der Waals surface area contributed by atoms with Crippen molar-refractivity contribution in [2.45, 2.75) is 38.9 Å². The second-order valence-electron chi connectivity index (χ2n) is 9.50. The number of alkyl halides is 3. The molecule has 0 unspecified atom stereocenters. The Bertz CT molecular complexity index is 1280. The van der Waals surface area contributed by atoms with E-state index in [0.717, 1.165) is 5.56 Å². The molecule has 0 bridgehead atoms. The van der Waals surface area contributed by atoms with Gasteiger partial charge in [-0.3, -0.25) is 10.2 Å². The van der Waals surface area contributed by atoms with Gasteiger partial charge in [-0.2, -0.15) is 13.2 Å². The van der Waals surface area contributed by atoms with Crippen LogP contribution in [0.4, 0.5) is 13.2 Å². The van der Waals surface area contributed by atoms with Gasteiger partial charge < -0.3 is 23.8 Å². The van der Waals surface area contributed by atoms with E-state index in [1.807, 2.05) is 20.8 Å². The first-order valence-corrected chi connectivity index (χ1v) is 11.4. The number of carbonyl (C=O) groups excluding carboxylic acids is 3. The van der Waals surface area contributed by atoms with E-state index < -0.39 is 30.1 Å². The molecule has 0 atom stereocenters. The van der Waals surface area contributed by atoms with Crippen molar-refractivity contribution in [2.75, 3.05) is 27.4 Å². The van der Waals surface area contributed by atoms with E-state index in [1.54, 1.807) is 23.1 Å². The summed E-state index contributed by atoms with van der Waals surface area (Å²) in [6, 6.07) is 7.90. The Kier molecular flexibility index (Phi) is 8.03. The Morgan fingerprint density at radius 3 is 2.26 bits per heavy atom. The Morgan fingerprint density at radius 1 is 1.00 bits per heavy atom. The molecule has 1 aliphatic rings. The van der Waals surface area contributed by atoms with Crippen LogP contribution in [0, 0.1) is 5.41 Å². The molecule has 1 aliphatic heterocycles. The summed E-state index contributed by atoms with van der Waals surface area (Å²) in [7, 11) is 3.01. The zero-order valence-electron chi connectivity index (χ0n) is 21.4. The van der Waals surface area contributed by atoms with E-state index in [1.165, 1.54) is 26.4 Å². The van der Waals surface area contributed by atoms with Crippen LogP contribution < -0.4 is 14.2 Å². The molecule has 0 radical (unpaired) electrons. The van der Waals surface area contributed by atoms with Crippen LogP contribution in [-0.4, -0.2) is 62.0 Å². The summed E-state index contributed by atoms with van der Waals surface area (Å²) in [4.78, 5) is 37.3. The minimum Gasteiger partial charge on any atom is -0.497 e. The van der Waals surface area contributed by atoms with Crippen LogP contribution in [0.5, 0.6) is 17.2 Å². The van der Waals surface area contributed by atoms with Crippen LogP contribution in [0.3, 0.4) is 0 Å². The van der Waals surface area contributed by atoms with E-state index >= 15 is 0 Å².